The highest BCUT2D eigenvalue weighted by Crippen LogP contribution is 2.32. The van der Waals surface area contributed by atoms with Crippen LogP contribution in [-0.4, -0.2) is 25.9 Å². The number of carbonyl (C=O) groups excluding carboxylic acids is 1. The summed E-state index contributed by atoms with van der Waals surface area (Å²) < 4.78 is 55.2. The lowest BCUT2D eigenvalue weighted by atomic mass is 10.1. The summed E-state index contributed by atoms with van der Waals surface area (Å²) in [5, 5.41) is 10.2. The minimum atomic E-state index is -4.56. The molecule has 0 radical (unpaired) electrons. The number of carbonyl (C=O) groups is 1. The second-order valence-corrected chi connectivity index (χ2v) is 6.73. The molecule has 0 unspecified atom stereocenters. The maximum atomic E-state index is 14.4. The summed E-state index contributed by atoms with van der Waals surface area (Å²) >= 11 is 0. The van der Waals surface area contributed by atoms with Gasteiger partial charge in [-0.05, 0) is 35.9 Å². The van der Waals surface area contributed by atoms with Crippen molar-refractivity contribution in [1.29, 1.82) is 0 Å². The van der Waals surface area contributed by atoms with E-state index in [0.29, 0.717) is 5.56 Å². The van der Waals surface area contributed by atoms with Crippen molar-refractivity contribution in [3.05, 3.63) is 95.7 Å². The number of benzene rings is 2. The molecule has 6 nitrogen and oxygen atoms in total. The molecule has 4 aromatic rings. The Bertz CT molecular complexity index is 1250. The van der Waals surface area contributed by atoms with Gasteiger partial charge in [0.15, 0.2) is 5.69 Å². The summed E-state index contributed by atoms with van der Waals surface area (Å²) in [4.78, 5) is 16.9. The summed E-state index contributed by atoms with van der Waals surface area (Å²) in [7, 11) is 0. The first-order chi connectivity index (χ1) is 15.4. The summed E-state index contributed by atoms with van der Waals surface area (Å²) in [6.07, 6.45) is -1.59. The van der Waals surface area contributed by atoms with Crippen molar-refractivity contribution in [3.63, 3.8) is 0 Å². The Morgan fingerprint density at radius 3 is 2.47 bits per heavy atom. The Labute approximate surface area is 179 Å². The number of alkyl halides is 3. The third kappa shape index (κ3) is 4.20. The van der Waals surface area contributed by atoms with E-state index in [1.165, 1.54) is 48.8 Å². The second kappa shape index (κ2) is 8.58. The fourth-order valence-corrected chi connectivity index (χ4v) is 3.20. The van der Waals surface area contributed by atoms with E-state index in [1.807, 2.05) is 0 Å². The molecule has 2 aromatic heterocycles. The Morgan fingerprint density at radius 1 is 1.00 bits per heavy atom. The molecule has 0 spiro atoms. The van der Waals surface area contributed by atoms with Crippen LogP contribution in [0.2, 0.25) is 0 Å². The van der Waals surface area contributed by atoms with Gasteiger partial charge in [0, 0.05) is 24.5 Å². The highest BCUT2D eigenvalue weighted by atomic mass is 19.4. The average molecular weight is 441 g/mol. The van der Waals surface area contributed by atoms with Crippen LogP contribution in [-0.2, 0) is 12.7 Å². The van der Waals surface area contributed by atoms with Crippen LogP contribution < -0.4 is 5.32 Å². The summed E-state index contributed by atoms with van der Waals surface area (Å²) in [5.41, 5.74) is -0.474. The molecule has 4 rings (SSSR count). The first-order valence-corrected chi connectivity index (χ1v) is 9.40. The number of amides is 1. The number of aromatic nitrogens is 4. The van der Waals surface area contributed by atoms with Gasteiger partial charge in [0.25, 0.3) is 5.91 Å². The third-order valence-electron chi connectivity index (χ3n) is 4.66. The molecule has 0 saturated heterocycles. The third-order valence-corrected chi connectivity index (χ3v) is 4.66. The molecule has 1 N–H and O–H groups in total. The van der Waals surface area contributed by atoms with Gasteiger partial charge in [-0.2, -0.15) is 13.2 Å². The molecule has 0 bridgehead atoms. The van der Waals surface area contributed by atoms with Crippen LogP contribution in [0, 0.1) is 5.82 Å². The molecule has 0 aliphatic rings. The molecule has 2 heterocycles. The standard InChI is InChI=1S/C22H15F4N5O/c23-17-9-3-4-10-18(17)31-20(15-7-5-11-27-12-15)19(29-30-31)21(32)28-13-14-6-1-2-8-16(14)22(24,25)26/h1-12H,13H2,(H,28,32). The Kier molecular flexibility index (Phi) is 5.67. The van der Waals surface area contributed by atoms with Gasteiger partial charge in [-0.1, -0.05) is 35.5 Å². The zero-order valence-corrected chi connectivity index (χ0v) is 16.3. The van der Waals surface area contributed by atoms with Crippen LogP contribution >= 0.6 is 0 Å². The van der Waals surface area contributed by atoms with Gasteiger partial charge in [-0.25, -0.2) is 9.07 Å². The molecule has 10 heteroatoms. The number of halogens is 4. The van der Waals surface area contributed by atoms with Gasteiger partial charge in [0.2, 0.25) is 0 Å². The van der Waals surface area contributed by atoms with Gasteiger partial charge in [0.1, 0.15) is 17.2 Å². The van der Waals surface area contributed by atoms with E-state index >= 15 is 0 Å². The topological polar surface area (TPSA) is 72.7 Å². The van der Waals surface area contributed by atoms with Crippen LogP contribution in [0.25, 0.3) is 16.9 Å². The average Bonchev–Trinajstić information content (AvgIpc) is 3.23. The molecule has 0 fully saturated rings. The minimum absolute atomic E-state index is 0.0559. The summed E-state index contributed by atoms with van der Waals surface area (Å²) in [5.74, 6) is -1.35. The van der Waals surface area contributed by atoms with Crippen LogP contribution in [0.4, 0.5) is 17.6 Å². The molecule has 0 saturated carbocycles. The Hall–Kier alpha value is -4.08. The summed E-state index contributed by atoms with van der Waals surface area (Å²) in [6.45, 7) is -0.381. The highest BCUT2D eigenvalue weighted by Gasteiger charge is 2.33. The van der Waals surface area contributed by atoms with E-state index in [1.54, 1.807) is 18.2 Å². The molecule has 2 aromatic carbocycles. The first-order valence-electron chi connectivity index (χ1n) is 9.40. The van der Waals surface area contributed by atoms with E-state index < -0.39 is 23.5 Å². The lowest BCUT2D eigenvalue weighted by molar-refractivity contribution is -0.138. The van der Waals surface area contributed by atoms with E-state index in [0.717, 1.165) is 10.7 Å². The lowest BCUT2D eigenvalue weighted by Gasteiger charge is -2.13. The van der Waals surface area contributed by atoms with E-state index in [2.05, 4.69) is 20.6 Å². The zero-order chi connectivity index (χ0) is 22.7. The predicted octanol–water partition coefficient (Wildman–Crippen LogP) is 4.42. The number of rotatable bonds is 5. The molecule has 1 amide bonds. The van der Waals surface area contributed by atoms with Crippen molar-refractivity contribution in [2.24, 2.45) is 0 Å². The van der Waals surface area contributed by atoms with Crippen LogP contribution in [0.5, 0.6) is 0 Å². The van der Waals surface area contributed by atoms with E-state index in [-0.39, 0.29) is 29.2 Å². The fourth-order valence-electron chi connectivity index (χ4n) is 3.20. The Morgan fingerprint density at radius 2 is 1.75 bits per heavy atom. The molecule has 0 atom stereocenters. The van der Waals surface area contributed by atoms with Crippen molar-refractivity contribution in [1.82, 2.24) is 25.3 Å². The smallest absolute Gasteiger partial charge is 0.346 e. The fraction of sp³-hybridized carbons (Fsp3) is 0.0909. The van der Waals surface area contributed by atoms with Crippen LogP contribution in [0.15, 0.2) is 73.1 Å². The molecular formula is C22H15F4N5O. The SMILES string of the molecule is O=C(NCc1ccccc1C(F)(F)F)c1nnn(-c2ccccc2F)c1-c1cccnc1. The van der Waals surface area contributed by atoms with E-state index in [9.17, 15) is 22.4 Å². The van der Waals surface area contributed by atoms with Crippen molar-refractivity contribution in [2.75, 3.05) is 0 Å². The zero-order valence-electron chi connectivity index (χ0n) is 16.3. The highest BCUT2D eigenvalue weighted by molar-refractivity contribution is 5.98. The van der Waals surface area contributed by atoms with Gasteiger partial charge < -0.3 is 5.32 Å². The largest absolute Gasteiger partial charge is 0.416 e. The van der Waals surface area contributed by atoms with Crippen molar-refractivity contribution in [3.8, 4) is 16.9 Å². The monoisotopic (exact) mass is 441 g/mol. The normalized spacial score (nSPS) is 11.4. The van der Waals surface area contributed by atoms with Crippen LogP contribution in [0.1, 0.15) is 21.6 Å². The number of para-hydroxylation sites is 1. The number of nitrogens with zero attached hydrogens (tertiary/aromatic N) is 4. The maximum Gasteiger partial charge on any atom is 0.416 e. The molecule has 162 valence electrons. The number of hydrogen-bond acceptors (Lipinski definition) is 4. The number of pyridine rings is 1. The lowest BCUT2D eigenvalue weighted by Crippen LogP contribution is -2.25. The molecule has 0 aliphatic carbocycles. The quantitative estimate of drug-likeness (QED) is 0.466. The Balaban J connectivity index is 1.70. The number of nitrogens with one attached hydrogen (secondary N) is 1. The van der Waals surface area contributed by atoms with Gasteiger partial charge in [-0.15, -0.1) is 5.10 Å². The van der Waals surface area contributed by atoms with Gasteiger partial charge in [-0.3, -0.25) is 9.78 Å². The second-order valence-electron chi connectivity index (χ2n) is 6.73. The van der Waals surface area contributed by atoms with Crippen LogP contribution in [0.3, 0.4) is 0 Å². The predicted molar refractivity (Wildman–Crippen MR) is 107 cm³/mol. The van der Waals surface area contributed by atoms with E-state index in [4.69, 9.17) is 0 Å². The first kappa shape index (κ1) is 21.2. The number of hydrogen-bond donors (Lipinski definition) is 1. The molecule has 0 aliphatic heterocycles. The van der Waals surface area contributed by atoms with Crippen molar-refractivity contribution in [2.45, 2.75) is 12.7 Å². The van der Waals surface area contributed by atoms with Crippen molar-refractivity contribution < 1.29 is 22.4 Å². The summed E-state index contributed by atoms with van der Waals surface area (Å²) in [6, 6.07) is 14.0. The van der Waals surface area contributed by atoms with Crippen molar-refractivity contribution >= 4 is 5.91 Å². The molecular weight excluding hydrogens is 426 g/mol. The minimum Gasteiger partial charge on any atom is -0.346 e. The van der Waals surface area contributed by atoms with Gasteiger partial charge in [0.05, 0.1) is 5.56 Å². The van der Waals surface area contributed by atoms with Gasteiger partial charge >= 0.3 is 6.18 Å². The maximum absolute atomic E-state index is 14.4. The molecule has 32 heavy (non-hydrogen) atoms.